The molecule has 1 N–H and O–H groups in total. The molecule has 21 heavy (non-hydrogen) atoms. The van der Waals surface area contributed by atoms with E-state index < -0.39 is 0 Å². The average Bonchev–Trinajstić information content (AvgIpc) is 2.47. The molecular formula is C15H13BrClN3O. The minimum absolute atomic E-state index is 0.0697. The molecule has 2 rings (SSSR count). The Hall–Kier alpha value is -1.77. The molecule has 0 radical (unpaired) electrons. The van der Waals surface area contributed by atoms with Gasteiger partial charge in [0, 0.05) is 5.02 Å². The van der Waals surface area contributed by atoms with Gasteiger partial charge in [0.25, 0.3) is 5.56 Å². The van der Waals surface area contributed by atoms with Crippen LogP contribution in [0.4, 0.5) is 5.69 Å². The molecule has 108 valence electrons. The first-order valence-electron chi connectivity index (χ1n) is 6.24. The van der Waals surface area contributed by atoms with Crippen LogP contribution in [0.25, 0.3) is 0 Å². The molecule has 6 heteroatoms. The van der Waals surface area contributed by atoms with Gasteiger partial charge < -0.3 is 5.32 Å². The highest BCUT2D eigenvalue weighted by Crippen LogP contribution is 2.27. The number of nitrogens with one attached hydrogen (secondary N) is 1. The molecule has 0 saturated carbocycles. The Labute approximate surface area is 136 Å². The lowest BCUT2D eigenvalue weighted by atomic mass is 10.1. The van der Waals surface area contributed by atoms with Crippen LogP contribution in [-0.4, -0.2) is 9.78 Å². The number of aromatic nitrogens is 2. The van der Waals surface area contributed by atoms with Crippen molar-refractivity contribution in [1.29, 1.82) is 0 Å². The van der Waals surface area contributed by atoms with Crippen LogP contribution in [0.2, 0.25) is 5.02 Å². The molecule has 0 spiro atoms. The maximum Gasteiger partial charge on any atom is 0.284 e. The van der Waals surface area contributed by atoms with Crippen molar-refractivity contribution in [3.05, 3.63) is 55.9 Å². The first-order valence-corrected chi connectivity index (χ1v) is 7.41. The van der Waals surface area contributed by atoms with E-state index in [-0.39, 0.29) is 18.1 Å². The Bertz CT molecular complexity index is 751. The van der Waals surface area contributed by atoms with Gasteiger partial charge in [0.15, 0.2) is 0 Å². The summed E-state index contributed by atoms with van der Waals surface area (Å²) in [5.74, 6) is 2.39. The SMILES string of the molecule is C#CCn1ncc(NC(C)c2ccccc2Cl)c(Br)c1=O. The molecule has 1 atom stereocenters. The van der Waals surface area contributed by atoms with Crippen LogP contribution >= 0.6 is 27.5 Å². The third-order valence-electron chi connectivity index (χ3n) is 2.97. The van der Waals surface area contributed by atoms with Crippen molar-refractivity contribution in [3.8, 4) is 12.3 Å². The van der Waals surface area contributed by atoms with Crippen LogP contribution in [0.15, 0.2) is 39.7 Å². The number of hydrogen-bond donors (Lipinski definition) is 1. The molecule has 1 heterocycles. The van der Waals surface area contributed by atoms with Crippen LogP contribution in [0.5, 0.6) is 0 Å². The fourth-order valence-corrected chi connectivity index (χ4v) is 2.62. The molecule has 0 fully saturated rings. The van der Waals surface area contributed by atoms with Crippen LogP contribution in [0.1, 0.15) is 18.5 Å². The Morgan fingerprint density at radius 1 is 1.52 bits per heavy atom. The maximum absolute atomic E-state index is 12.1. The predicted octanol–water partition coefficient (Wildman–Crippen LogP) is 3.47. The molecule has 0 amide bonds. The van der Waals surface area contributed by atoms with E-state index in [1.165, 1.54) is 4.68 Å². The second-order valence-electron chi connectivity index (χ2n) is 4.43. The van der Waals surface area contributed by atoms with Crippen LogP contribution in [0, 0.1) is 12.3 Å². The Morgan fingerprint density at radius 3 is 2.90 bits per heavy atom. The molecule has 0 aliphatic carbocycles. The van der Waals surface area contributed by atoms with Crippen LogP contribution < -0.4 is 10.9 Å². The van der Waals surface area contributed by atoms with E-state index in [0.29, 0.717) is 15.2 Å². The molecule has 0 saturated heterocycles. The van der Waals surface area contributed by atoms with Gasteiger partial charge in [-0.1, -0.05) is 35.7 Å². The van der Waals surface area contributed by atoms with Gasteiger partial charge in [0.2, 0.25) is 0 Å². The van der Waals surface area contributed by atoms with E-state index in [0.717, 1.165) is 5.56 Å². The van der Waals surface area contributed by atoms with Crippen LogP contribution in [0.3, 0.4) is 0 Å². The van der Waals surface area contributed by atoms with Gasteiger partial charge in [-0.25, -0.2) is 4.68 Å². The molecular weight excluding hydrogens is 354 g/mol. The molecule has 4 nitrogen and oxygen atoms in total. The lowest BCUT2D eigenvalue weighted by molar-refractivity contribution is 0.658. The largest absolute Gasteiger partial charge is 0.376 e. The number of nitrogens with zero attached hydrogens (tertiary/aromatic N) is 2. The van der Waals surface area contributed by atoms with E-state index in [1.54, 1.807) is 6.20 Å². The summed E-state index contributed by atoms with van der Waals surface area (Å²) < 4.78 is 1.61. The summed E-state index contributed by atoms with van der Waals surface area (Å²) in [5.41, 5.74) is 1.27. The van der Waals surface area contributed by atoms with Crippen molar-refractivity contribution in [2.45, 2.75) is 19.5 Å². The van der Waals surface area contributed by atoms with E-state index in [1.807, 2.05) is 31.2 Å². The number of halogens is 2. The summed E-state index contributed by atoms with van der Waals surface area (Å²) in [6.07, 6.45) is 6.76. The normalized spacial score (nSPS) is 11.7. The number of benzene rings is 1. The molecule has 1 unspecified atom stereocenters. The zero-order valence-electron chi connectivity index (χ0n) is 11.3. The summed E-state index contributed by atoms with van der Waals surface area (Å²) in [7, 11) is 0. The fourth-order valence-electron chi connectivity index (χ4n) is 1.90. The molecule has 2 aromatic rings. The maximum atomic E-state index is 12.1. The minimum Gasteiger partial charge on any atom is -0.376 e. The zero-order chi connectivity index (χ0) is 15.4. The topological polar surface area (TPSA) is 46.9 Å². The van der Waals surface area contributed by atoms with E-state index >= 15 is 0 Å². The predicted molar refractivity (Wildman–Crippen MR) is 88.5 cm³/mol. The Balaban J connectivity index is 2.29. The minimum atomic E-state index is -0.274. The quantitative estimate of drug-likeness (QED) is 0.843. The highest BCUT2D eigenvalue weighted by Gasteiger charge is 2.13. The Morgan fingerprint density at radius 2 is 2.24 bits per heavy atom. The third-order valence-corrected chi connectivity index (χ3v) is 4.08. The summed E-state index contributed by atoms with van der Waals surface area (Å²) in [5, 5.41) is 7.92. The number of rotatable bonds is 4. The van der Waals surface area contributed by atoms with Gasteiger partial charge in [0.1, 0.15) is 11.0 Å². The van der Waals surface area contributed by atoms with Gasteiger partial charge in [-0.2, -0.15) is 5.10 Å². The van der Waals surface area contributed by atoms with Gasteiger partial charge in [-0.05, 0) is 34.5 Å². The number of anilines is 1. The van der Waals surface area contributed by atoms with Crippen molar-refractivity contribution in [1.82, 2.24) is 9.78 Å². The summed E-state index contributed by atoms with van der Waals surface area (Å²) in [4.78, 5) is 12.1. The van der Waals surface area contributed by atoms with Gasteiger partial charge in [-0.15, -0.1) is 6.42 Å². The molecule has 0 bridgehead atoms. The third kappa shape index (κ3) is 3.46. The van der Waals surface area contributed by atoms with Crippen molar-refractivity contribution in [3.63, 3.8) is 0 Å². The second kappa shape index (κ2) is 6.79. The van der Waals surface area contributed by atoms with Crippen molar-refractivity contribution in [2.24, 2.45) is 0 Å². The lowest BCUT2D eigenvalue weighted by Crippen LogP contribution is -2.24. The average molecular weight is 367 g/mol. The Kier molecular flexibility index (Phi) is 5.05. The standard InChI is InChI=1S/C15H13BrClN3O/c1-3-8-20-15(21)14(16)13(9-18-20)19-10(2)11-6-4-5-7-12(11)17/h1,4-7,9-10,19H,8H2,2H3. The smallest absolute Gasteiger partial charge is 0.284 e. The summed E-state index contributed by atoms with van der Waals surface area (Å²) in [6, 6.07) is 7.47. The highest BCUT2D eigenvalue weighted by atomic mass is 79.9. The molecule has 1 aromatic heterocycles. The molecule has 0 aliphatic heterocycles. The van der Waals surface area contributed by atoms with Crippen LogP contribution in [-0.2, 0) is 6.54 Å². The molecule has 1 aromatic carbocycles. The number of hydrogen-bond acceptors (Lipinski definition) is 3. The monoisotopic (exact) mass is 365 g/mol. The second-order valence-corrected chi connectivity index (χ2v) is 5.63. The summed E-state index contributed by atoms with van der Waals surface area (Å²) in [6.45, 7) is 2.10. The first-order chi connectivity index (χ1) is 10.0. The fraction of sp³-hybridized carbons (Fsp3) is 0.200. The zero-order valence-corrected chi connectivity index (χ0v) is 13.6. The van der Waals surface area contributed by atoms with Crippen molar-refractivity contribution >= 4 is 33.2 Å². The van der Waals surface area contributed by atoms with E-state index in [4.69, 9.17) is 18.0 Å². The lowest BCUT2D eigenvalue weighted by Gasteiger charge is -2.17. The van der Waals surface area contributed by atoms with E-state index in [9.17, 15) is 4.79 Å². The molecule has 0 aliphatic rings. The first kappa shape index (κ1) is 15.6. The summed E-state index contributed by atoms with van der Waals surface area (Å²) >= 11 is 9.45. The van der Waals surface area contributed by atoms with E-state index in [2.05, 4.69) is 32.3 Å². The highest BCUT2D eigenvalue weighted by molar-refractivity contribution is 9.10. The van der Waals surface area contributed by atoms with Gasteiger partial charge >= 0.3 is 0 Å². The van der Waals surface area contributed by atoms with Gasteiger partial charge in [0.05, 0.1) is 17.9 Å². The number of terminal acetylenes is 1. The van der Waals surface area contributed by atoms with Gasteiger partial charge in [-0.3, -0.25) is 4.79 Å². The van der Waals surface area contributed by atoms with Crippen molar-refractivity contribution < 1.29 is 0 Å². The van der Waals surface area contributed by atoms with Crippen molar-refractivity contribution in [2.75, 3.05) is 5.32 Å².